The van der Waals surface area contributed by atoms with Gasteiger partial charge in [0.2, 0.25) is 0 Å². The van der Waals surface area contributed by atoms with Crippen molar-refractivity contribution in [2.24, 2.45) is 0 Å². The van der Waals surface area contributed by atoms with Crippen LogP contribution < -0.4 is 10.1 Å². The zero-order valence-corrected chi connectivity index (χ0v) is 13.1. The summed E-state index contributed by atoms with van der Waals surface area (Å²) in [6.45, 7) is 6.52. The van der Waals surface area contributed by atoms with Gasteiger partial charge in [0.05, 0.1) is 6.61 Å². The lowest BCUT2D eigenvalue weighted by Crippen LogP contribution is -2.52. The molecule has 1 N–H and O–H groups in total. The molecule has 0 bridgehead atoms. The Kier molecular flexibility index (Phi) is 6.00. The summed E-state index contributed by atoms with van der Waals surface area (Å²) in [5.41, 5.74) is 0.324. The molecule has 122 valence electrons. The van der Waals surface area contributed by atoms with Crippen molar-refractivity contribution in [1.29, 1.82) is 0 Å². The first-order chi connectivity index (χ1) is 10.6. The van der Waals surface area contributed by atoms with Gasteiger partial charge in [-0.15, -0.1) is 0 Å². The van der Waals surface area contributed by atoms with E-state index in [4.69, 9.17) is 9.47 Å². The number of carbonyl (C=O) groups excluding carboxylic acids is 1. The summed E-state index contributed by atoms with van der Waals surface area (Å²) in [5, 5.41) is 3.20. The Bertz CT molecular complexity index is 510. The van der Waals surface area contributed by atoms with Crippen molar-refractivity contribution < 1.29 is 18.7 Å². The number of nitrogens with zero attached hydrogens (tertiary/aromatic N) is 1. The number of hydrogen-bond donors (Lipinski definition) is 1. The molecular formula is C16H23FN2O3. The number of halogens is 1. The van der Waals surface area contributed by atoms with Gasteiger partial charge in [-0.2, -0.15) is 0 Å². The number of benzene rings is 1. The fourth-order valence-corrected chi connectivity index (χ4v) is 2.31. The molecule has 1 aliphatic rings. The van der Waals surface area contributed by atoms with Crippen LogP contribution in [0.15, 0.2) is 18.2 Å². The molecule has 5 nitrogen and oxygen atoms in total. The first-order valence-electron chi connectivity index (χ1n) is 7.67. The third-order valence-electron chi connectivity index (χ3n) is 3.58. The first kappa shape index (κ1) is 16.5. The van der Waals surface area contributed by atoms with E-state index >= 15 is 0 Å². The zero-order chi connectivity index (χ0) is 15.9. The smallest absolute Gasteiger partial charge is 0.410 e. The third-order valence-corrected chi connectivity index (χ3v) is 3.58. The number of amides is 1. The average molecular weight is 310 g/mol. The summed E-state index contributed by atoms with van der Waals surface area (Å²) in [6.07, 6.45) is 0.469. The van der Waals surface area contributed by atoms with Gasteiger partial charge in [-0.25, -0.2) is 9.18 Å². The minimum absolute atomic E-state index is 0.0744. The largest absolute Gasteiger partial charge is 0.494 e. The van der Waals surface area contributed by atoms with E-state index in [1.807, 2.05) is 13.8 Å². The first-order valence-corrected chi connectivity index (χ1v) is 7.67. The van der Waals surface area contributed by atoms with Crippen LogP contribution in [0.1, 0.15) is 25.8 Å². The Hall–Kier alpha value is -1.82. The van der Waals surface area contributed by atoms with Crippen LogP contribution in [-0.4, -0.2) is 43.3 Å². The number of rotatable bonds is 5. The van der Waals surface area contributed by atoms with E-state index in [1.165, 1.54) is 6.07 Å². The van der Waals surface area contributed by atoms with Gasteiger partial charge in [0, 0.05) is 31.2 Å². The van der Waals surface area contributed by atoms with E-state index in [9.17, 15) is 9.18 Å². The number of nitrogens with one attached hydrogen (secondary N) is 1. The molecule has 1 saturated heterocycles. The van der Waals surface area contributed by atoms with Crippen molar-refractivity contribution in [2.75, 3.05) is 26.2 Å². The maximum atomic E-state index is 13.8. The SMILES string of the molecule is CCCOc1ccc(F)c(COC(=O)N2CCNC[C@H]2C)c1. The van der Waals surface area contributed by atoms with E-state index in [-0.39, 0.29) is 12.6 Å². The minimum atomic E-state index is -0.409. The van der Waals surface area contributed by atoms with Crippen molar-refractivity contribution in [2.45, 2.75) is 32.9 Å². The molecule has 1 fully saturated rings. The molecule has 1 aromatic carbocycles. The van der Waals surface area contributed by atoms with Gasteiger partial charge < -0.3 is 19.7 Å². The van der Waals surface area contributed by atoms with Gasteiger partial charge in [0.25, 0.3) is 0 Å². The Balaban J connectivity index is 1.93. The fourth-order valence-electron chi connectivity index (χ4n) is 2.31. The van der Waals surface area contributed by atoms with Crippen LogP contribution in [0, 0.1) is 5.82 Å². The highest BCUT2D eigenvalue weighted by atomic mass is 19.1. The van der Waals surface area contributed by atoms with Crippen LogP contribution in [0.5, 0.6) is 5.75 Å². The van der Waals surface area contributed by atoms with E-state index in [2.05, 4.69) is 5.32 Å². The number of piperazine rings is 1. The summed E-state index contributed by atoms with van der Waals surface area (Å²) in [7, 11) is 0. The molecule has 0 unspecified atom stereocenters. The van der Waals surface area contributed by atoms with Crippen LogP contribution in [0.3, 0.4) is 0 Å². The molecule has 0 aromatic heterocycles. The van der Waals surface area contributed by atoms with E-state index in [1.54, 1.807) is 17.0 Å². The molecule has 0 radical (unpaired) electrons. The second kappa shape index (κ2) is 7.98. The monoisotopic (exact) mass is 310 g/mol. The third kappa shape index (κ3) is 4.34. The lowest BCUT2D eigenvalue weighted by Gasteiger charge is -2.33. The van der Waals surface area contributed by atoms with Crippen LogP contribution >= 0.6 is 0 Å². The maximum Gasteiger partial charge on any atom is 0.410 e. The molecule has 0 saturated carbocycles. The van der Waals surface area contributed by atoms with Crippen LogP contribution in [0.4, 0.5) is 9.18 Å². The van der Waals surface area contributed by atoms with Crippen molar-refractivity contribution in [3.05, 3.63) is 29.6 Å². The topological polar surface area (TPSA) is 50.8 Å². The highest BCUT2D eigenvalue weighted by molar-refractivity contribution is 5.68. The minimum Gasteiger partial charge on any atom is -0.494 e. The van der Waals surface area contributed by atoms with E-state index < -0.39 is 11.9 Å². The second-order valence-corrected chi connectivity index (χ2v) is 5.40. The maximum absolute atomic E-state index is 13.8. The average Bonchev–Trinajstić information content (AvgIpc) is 2.53. The highest BCUT2D eigenvalue weighted by Gasteiger charge is 2.24. The van der Waals surface area contributed by atoms with Gasteiger partial charge in [-0.3, -0.25) is 0 Å². The van der Waals surface area contributed by atoms with Crippen molar-refractivity contribution >= 4 is 6.09 Å². The predicted molar refractivity (Wildman–Crippen MR) is 81.4 cm³/mol. The van der Waals surface area contributed by atoms with Crippen LogP contribution in [0.25, 0.3) is 0 Å². The Morgan fingerprint density at radius 1 is 1.50 bits per heavy atom. The van der Waals surface area contributed by atoms with Gasteiger partial charge in [0.1, 0.15) is 18.2 Å². The molecule has 6 heteroatoms. The Morgan fingerprint density at radius 2 is 2.32 bits per heavy atom. The number of hydrogen-bond acceptors (Lipinski definition) is 4. The molecular weight excluding hydrogens is 287 g/mol. The summed E-state index contributed by atoms with van der Waals surface area (Å²) < 4.78 is 24.5. The Labute approximate surface area is 130 Å². The van der Waals surface area contributed by atoms with Crippen molar-refractivity contribution in [3.8, 4) is 5.75 Å². The molecule has 1 atom stereocenters. The molecule has 2 rings (SSSR count). The fraction of sp³-hybridized carbons (Fsp3) is 0.562. The van der Waals surface area contributed by atoms with Gasteiger partial charge >= 0.3 is 6.09 Å². The van der Waals surface area contributed by atoms with Gasteiger partial charge in [-0.1, -0.05) is 6.92 Å². The molecule has 0 spiro atoms. The molecule has 1 aromatic rings. The zero-order valence-electron chi connectivity index (χ0n) is 13.1. The van der Waals surface area contributed by atoms with E-state index in [0.717, 1.165) is 19.5 Å². The van der Waals surface area contributed by atoms with Crippen molar-refractivity contribution in [3.63, 3.8) is 0 Å². The van der Waals surface area contributed by atoms with Crippen molar-refractivity contribution in [1.82, 2.24) is 10.2 Å². The lowest BCUT2D eigenvalue weighted by atomic mass is 10.2. The lowest BCUT2D eigenvalue weighted by molar-refractivity contribution is 0.0751. The normalized spacial score (nSPS) is 18.1. The van der Waals surface area contributed by atoms with Gasteiger partial charge in [0.15, 0.2) is 0 Å². The van der Waals surface area contributed by atoms with Crippen LogP contribution in [0.2, 0.25) is 0 Å². The predicted octanol–water partition coefficient (Wildman–Crippen LogP) is 2.54. The standard InChI is InChI=1S/C16H23FN2O3/c1-3-8-21-14-4-5-15(17)13(9-14)11-22-16(20)19-7-6-18-10-12(19)2/h4-5,9,12,18H,3,6-8,10-11H2,1-2H3/t12-/m1/s1. The molecule has 22 heavy (non-hydrogen) atoms. The quantitative estimate of drug-likeness (QED) is 0.908. The van der Waals surface area contributed by atoms with E-state index in [0.29, 0.717) is 24.5 Å². The summed E-state index contributed by atoms with van der Waals surface area (Å²) >= 11 is 0. The summed E-state index contributed by atoms with van der Waals surface area (Å²) in [4.78, 5) is 13.7. The second-order valence-electron chi connectivity index (χ2n) is 5.40. The molecule has 1 heterocycles. The summed E-state index contributed by atoms with van der Waals surface area (Å²) in [6, 6.07) is 4.57. The number of ether oxygens (including phenoxy) is 2. The molecule has 1 amide bonds. The molecule has 0 aliphatic carbocycles. The Morgan fingerprint density at radius 3 is 3.05 bits per heavy atom. The molecule has 1 aliphatic heterocycles. The van der Waals surface area contributed by atoms with Crippen LogP contribution in [-0.2, 0) is 11.3 Å². The number of carbonyl (C=O) groups is 1. The van der Waals surface area contributed by atoms with Gasteiger partial charge in [-0.05, 0) is 31.5 Å². The highest BCUT2D eigenvalue weighted by Crippen LogP contribution is 2.18. The summed E-state index contributed by atoms with van der Waals surface area (Å²) in [5.74, 6) is 0.190.